The summed E-state index contributed by atoms with van der Waals surface area (Å²) < 4.78 is 4.77. The van der Waals surface area contributed by atoms with Crippen molar-refractivity contribution in [1.82, 2.24) is 5.32 Å². The van der Waals surface area contributed by atoms with Gasteiger partial charge in [0, 0.05) is 6.54 Å². The second kappa shape index (κ2) is 3.87. The van der Waals surface area contributed by atoms with Crippen molar-refractivity contribution >= 4 is 5.97 Å². The Hall–Kier alpha value is -0.610. The lowest BCUT2D eigenvalue weighted by Gasteiger charge is -2.37. The molecule has 0 aromatic carbocycles. The molecule has 0 aromatic rings. The summed E-state index contributed by atoms with van der Waals surface area (Å²) in [6.45, 7) is 1.61. The summed E-state index contributed by atoms with van der Waals surface area (Å²) in [6, 6.07) is 0. The van der Waals surface area contributed by atoms with Gasteiger partial charge in [0.05, 0.1) is 19.1 Å². The van der Waals surface area contributed by atoms with Crippen molar-refractivity contribution in [2.45, 2.75) is 18.9 Å². The quantitative estimate of drug-likeness (QED) is 0.603. The number of carbonyl (C=O) groups is 1. The zero-order valence-electron chi connectivity index (χ0n) is 8.40. The molecule has 2 rings (SSSR count). The number of carbonyl (C=O) groups excluding carboxylic acids is 1. The van der Waals surface area contributed by atoms with Crippen LogP contribution in [0.2, 0.25) is 0 Å². The molecule has 14 heavy (non-hydrogen) atoms. The molecule has 2 aliphatic rings. The van der Waals surface area contributed by atoms with Crippen LogP contribution in [0.5, 0.6) is 0 Å². The summed E-state index contributed by atoms with van der Waals surface area (Å²) >= 11 is 0. The number of aliphatic hydroxyl groups excluding tert-OH is 1. The topological polar surface area (TPSA) is 58.6 Å². The van der Waals surface area contributed by atoms with Gasteiger partial charge in [-0.25, -0.2) is 0 Å². The first-order valence-corrected chi connectivity index (χ1v) is 5.19. The third-order valence-electron chi connectivity index (χ3n) is 3.52. The van der Waals surface area contributed by atoms with Crippen LogP contribution in [-0.4, -0.2) is 37.4 Å². The summed E-state index contributed by atoms with van der Waals surface area (Å²) in [6.07, 6.45) is 1.55. The molecule has 1 saturated carbocycles. The average molecular weight is 199 g/mol. The molecule has 0 bridgehead atoms. The zero-order chi connectivity index (χ0) is 10.1. The second-order valence-corrected chi connectivity index (χ2v) is 4.34. The van der Waals surface area contributed by atoms with Crippen molar-refractivity contribution in [3.05, 3.63) is 0 Å². The van der Waals surface area contributed by atoms with E-state index in [9.17, 15) is 9.90 Å². The van der Waals surface area contributed by atoms with Crippen LogP contribution in [0.15, 0.2) is 0 Å². The zero-order valence-corrected chi connectivity index (χ0v) is 8.40. The fourth-order valence-corrected chi connectivity index (χ4v) is 2.58. The van der Waals surface area contributed by atoms with Crippen LogP contribution in [-0.2, 0) is 9.53 Å². The molecule has 1 aliphatic heterocycles. The maximum atomic E-state index is 11.4. The Morgan fingerprint density at radius 3 is 2.71 bits per heavy atom. The summed E-state index contributed by atoms with van der Waals surface area (Å²) in [5.74, 6) is 0.758. The predicted molar refractivity (Wildman–Crippen MR) is 50.6 cm³/mol. The van der Waals surface area contributed by atoms with E-state index >= 15 is 0 Å². The predicted octanol–water partition coefficient (Wildman–Crippen LogP) is -0.234. The summed E-state index contributed by atoms with van der Waals surface area (Å²) in [4.78, 5) is 11.4. The van der Waals surface area contributed by atoms with Gasteiger partial charge in [-0.05, 0) is 31.2 Å². The Balaban J connectivity index is 1.93. The molecule has 1 aliphatic carbocycles. The molecule has 0 unspecified atom stereocenters. The largest absolute Gasteiger partial charge is 0.469 e. The van der Waals surface area contributed by atoms with Crippen LogP contribution in [0.3, 0.4) is 0 Å². The van der Waals surface area contributed by atoms with Crippen LogP contribution in [0.1, 0.15) is 12.8 Å². The molecule has 2 fully saturated rings. The molecule has 2 N–H and O–H groups in total. The van der Waals surface area contributed by atoms with Gasteiger partial charge in [-0.15, -0.1) is 0 Å². The van der Waals surface area contributed by atoms with E-state index in [-0.39, 0.29) is 18.0 Å². The van der Waals surface area contributed by atoms with Gasteiger partial charge in [0.1, 0.15) is 0 Å². The highest BCUT2D eigenvalue weighted by molar-refractivity contribution is 5.73. The molecule has 0 spiro atoms. The van der Waals surface area contributed by atoms with Gasteiger partial charge in [0.25, 0.3) is 0 Å². The molecule has 2 atom stereocenters. The second-order valence-electron chi connectivity index (χ2n) is 4.34. The first kappa shape index (κ1) is 9.93. The molecular formula is C10H17NO3. The normalized spacial score (nSPS) is 41.9. The van der Waals surface area contributed by atoms with E-state index in [0.29, 0.717) is 11.8 Å². The standard InChI is InChI=1S/C10H17NO3/c1-14-10(13)9-5-11-4-8(9)6-2-7(12)3-6/h6-9,11-12H,2-5H2,1H3/t6?,7?,8-,9+/m0/s1. The lowest BCUT2D eigenvalue weighted by molar-refractivity contribution is -0.147. The highest BCUT2D eigenvalue weighted by atomic mass is 16.5. The van der Waals surface area contributed by atoms with Crippen LogP contribution in [0.4, 0.5) is 0 Å². The van der Waals surface area contributed by atoms with E-state index in [1.54, 1.807) is 0 Å². The minimum absolute atomic E-state index is 0.00231. The number of ether oxygens (including phenoxy) is 1. The molecule has 1 heterocycles. The third kappa shape index (κ3) is 1.64. The van der Waals surface area contributed by atoms with Gasteiger partial charge in [0.2, 0.25) is 0 Å². The molecule has 0 aromatic heterocycles. The Morgan fingerprint density at radius 1 is 1.43 bits per heavy atom. The minimum Gasteiger partial charge on any atom is -0.469 e. The Kier molecular flexibility index (Phi) is 2.74. The highest BCUT2D eigenvalue weighted by Crippen LogP contribution is 2.39. The third-order valence-corrected chi connectivity index (χ3v) is 3.52. The smallest absolute Gasteiger partial charge is 0.310 e. The van der Waals surface area contributed by atoms with Crippen molar-refractivity contribution in [1.29, 1.82) is 0 Å². The SMILES string of the molecule is COC(=O)[C@@H]1CNC[C@H]1C1CC(O)C1. The first-order chi connectivity index (χ1) is 6.72. The van der Waals surface area contributed by atoms with E-state index in [4.69, 9.17) is 4.74 Å². The van der Waals surface area contributed by atoms with Crippen molar-refractivity contribution < 1.29 is 14.6 Å². The Labute approximate surface area is 83.6 Å². The number of esters is 1. The molecule has 1 saturated heterocycles. The van der Waals surface area contributed by atoms with E-state index in [0.717, 1.165) is 25.9 Å². The van der Waals surface area contributed by atoms with Crippen molar-refractivity contribution in [2.24, 2.45) is 17.8 Å². The summed E-state index contributed by atoms with van der Waals surface area (Å²) in [5, 5.41) is 12.4. The van der Waals surface area contributed by atoms with Crippen molar-refractivity contribution in [2.75, 3.05) is 20.2 Å². The Bertz CT molecular complexity index is 225. The molecular weight excluding hydrogens is 182 g/mol. The van der Waals surface area contributed by atoms with Gasteiger partial charge in [0.15, 0.2) is 0 Å². The average Bonchev–Trinajstić information content (AvgIpc) is 2.59. The number of aliphatic hydroxyl groups is 1. The fraction of sp³-hybridized carbons (Fsp3) is 0.900. The lowest BCUT2D eigenvalue weighted by Crippen LogP contribution is -2.39. The van der Waals surface area contributed by atoms with Crippen LogP contribution in [0.25, 0.3) is 0 Å². The van der Waals surface area contributed by atoms with Crippen molar-refractivity contribution in [3.8, 4) is 0 Å². The minimum atomic E-state index is -0.140. The van der Waals surface area contributed by atoms with Gasteiger partial charge in [-0.2, -0.15) is 0 Å². The number of methoxy groups -OCH3 is 1. The molecule has 4 nitrogen and oxygen atoms in total. The fourth-order valence-electron chi connectivity index (χ4n) is 2.58. The maximum Gasteiger partial charge on any atom is 0.310 e. The van der Waals surface area contributed by atoms with Crippen LogP contribution in [0, 0.1) is 17.8 Å². The molecule has 80 valence electrons. The number of nitrogens with one attached hydrogen (secondary N) is 1. The summed E-state index contributed by atoms with van der Waals surface area (Å²) in [5.41, 5.74) is 0. The molecule has 4 heteroatoms. The highest BCUT2D eigenvalue weighted by Gasteiger charge is 2.43. The van der Waals surface area contributed by atoms with Crippen molar-refractivity contribution in [3.63, 3.8) is 0 Å². The molecule has 0 radical (unpaired) electrons. The van der Waals surface area contributed by atoms with Crippen LogP contribution >= 0.6 is 0 Å². The van der Waals surface area contributed by atoms with Gasteiger partial charge in [-0.3, -0.25) is 4.79 Å². The monoisotopic (exact) mass is 199 g/mol. The number of rotatable bonds is 2. The lowest BCUT2D eigenvalue weighted by atomic mass is 9.70. The number of hydrogen-bond donors (Lipinski definition) is 2. The van der Waals surface area contributed by atoms with Crippen LogP contribution < -0.4 is 5.32 Å². The van der Waals surface area contributed by atoms with E-state index in [1.807, 2.05) is 0 Å². The van der Waals surface area contributed by atoms with Gasteiger partial charge < -0.3 is 15.2 Å². The van der Waals surface area contributed by atoms with Gasteiger partial charge in [-0.1, -0.05) is 0 Å². The van der Waals surface area contributed by atoms with E-state index in [1.165, 1.54) is 7.11 Å². The van der Waals surface area contributed by atoms with Gasteiger partial charge >= 0.3 is 5.97 Å². The molecule has 0 amide bonds. The maximum absolute atomic E-state index is 11.4. The first-order valence-electron chi connectivity index (χ1n) is 5.19. The number of hydrogen-bond acceptors (Lipinski definition) is 4. The Morgan fingerprint density at radius 2 is 2.14 bits per heavy atom. The van der Waals surface area contributed by atoms with E-state index in [2.05, 4.69) is 5.32 Å². The summed E-state index contributed by atoms with van der Waals surface area (Å²) in [7, 11) is 1.44. The van der Waals surface area contributed by atoms with E-state index < -0.39 is 0 Å².